The quantitative estimate of drug-likeness (QED) is 0.258. The van der Waals surface area contributed by atoms with Gasteiger partial charge in [-0.05, 0) is 54.8 Å². The maximum Gasteiger partial charge on any atom is 0.329 e. The topological polar surface area (TPSA) is 130 Å². The number of aryl methyl sites for hydroxylation is 1. The van der Waals surface area contributed by atoms with Crippen LogP contribution in [0.2, 0.25) is 0 Å². The molecule has 1 heterocycles. The van der Waals surface area contributed by atoms with Gasteiger partial charge in [0.05, 0.1) is 17.7 Å². The van der Waals surface area contributed by atoms with Crippen LogP contribution < -0.4 is 15.5 Å². The average Bonchev–Trinajstić information content (AvgIpc) is 3.26. The van der Waals surface area contributed by atoms with Crippen LogP contribution in [0, 0.1) is 6.92 Å². The molecule has 34 heavy (non-hydrogen) atoms. The van der Waals surface area contributed by atoms with E-state index in [0.717, 1.165) is 11.1 Å². The number of rotatable bonds is 8. The Labute approximate surface area is 198 Å². The largest absolute Gasteiger partial charge is 0.459 e. The number of nitrogens with zero attached hydrogens (tertiary/aromatic N) is 1. The first-order valence-electron chi connectivity index (χ1n) is 10.5. The standard InChI is InChI=1S/C24H26N4O5S/c1-16(2)18-6-8-19(9-7-18)27-23(29)24(30)28-25-14-20-10-11-21(33-20)15-26-34(31,32)22-12-4-17(3)5-13-22/h4-14,16,26H,15H2,1-3H3,(H,27,29)(H,28,30)/b25-14+. The molecule has 2 amide bonds. The molecule has 0 radical (unpaired) electrons. The number of furan rings is 1. The van der Waals surface area contributed by atoms with Crippen molar-refractivity contribution in [1.82, 2.24) is 10.1 Å². The number of carbonyl (C=O) groups excluding carboxylic acids is 2. The van der Waals surface area contributed by atoms with Crippen LogP contribution in [0.3, 0.4) is 0 Å². The average molecular weight is 483 g/mol. The molecular formula is C24H26N4O5S. The van der Waals surface area contributed by atoms with Crippen molar-refractivity contribution in [3.63, 3.8) is 0 Å². The third-order valence-electron chi connectivity index (χ3n) is 4.85. The maximum absolute atomic E-state index is 12.3. The number of carbonyl (C=O) groups is 2. The molecule has 3 N–H and O–H groups in total. The molecule has 0 aliphatic heterocycles. The van der Waals surface area contributed by atoms with Crippen molar-refractivity contribution in [3.05, 3.63) is 83.3 Å². The van der Waals surface area contributed by atoms with E-state index >= 15 is 0 Å². The lowest BCUT2D eigenvalue weighted by Gasteiger charge is -2.07. The fraction of sp³-hybridized carbons (Fsp3) is 0.208. The highest BCUT2D eigenvalue weighted by molar-refractivity contribution is 7.89. The van der Waals surface area contributed by atoms with E-state index in [-0.39, 0.29) is 17.2 Å². The molecule has 3 aromatic rings. The first kappa shape index (κ1) is 24.9. The van der Waals surface area contributed by atoms with Gasteiger partial charge < -0.3 is 9.73 Å². The van der Waals surface area contributed by atoms with E-state index in [1.807, 2.05) is 19.1 Å². The molecule has 0 unspecified atom stereocenters. The number of benzene rings is 2. The van der Waals surface area contributed by atoms with Crippen LogP contribution in [0.15, 0.2) is 75.1 Å². The summed E-state index contributed by atoms with van der Waals surface area (Å²) in [5.41, 5.74) is 4.69. The van der Waals surface area contributed by atoms with Gasteiger partial charge in [0.15, 0.2) is 0 Å². The summed E-state index contributed by atoms with van der Waals surface area (Å²) in [5.74, 6) is -0.819. The number of hydrazone groups is 1. The Morgan fingerprint density at radius 1 is 0.971 bits per heavy atom. The molecule has 0 spiro atoms. The number of amides is 2. The molecule has 3 rings (SSSR count). The van der Waals surface area contributed by atoms with Gasteiger partial charge >= 0.3 is 11.8 Å². The van der Waals surface area contributed by atoms with E-state index in [4.69, 9.17) is 4.42 Å². The summed E-state index contributed by atoms with van der Waals surface area (Å²) in [7, 11) is -3.68. The van der Waals surface area contributed by atoms with E-state index < -0.39 is 21.8 Å². The Balaban J connectivity index is 1.49. The van der Waals surface area contributed by atoms with Crippen molar-refractivity contribution in [3.8, 4) is 0 Å². The zero-order chi connectivity index (χ0) is 24.7. The van der Waals surface area contributed by atoms with Crippen molar-refractivity contribution < 1.29 is 22.4 Å². The Bertz CT molecular complexity index is 1280. The number of nitrogens with one attached hydrogen (secondary N) is 3. The van der Waals surface area contributed by atoms with Crippen molar-refractivity contribution in [1.29, 1.82) is 0 Å². The van der Waals surface area contributed by atoms with Crippen molar-refractivity contribution in [2.75, 3.05) is 5.32 Å². The van der Waals surface area contributed by atoms with Crippen LogP contribution in [0.1, 0.15) is 42.4 Å². The predicted octanol–water partition coefficient (Wildman–Crippen LogP) is 3.28. The number of sulfonamides is 1. The van der Waals surface area contributed by atoms with E-state index in [9.17, 15) is 18.0 Å². The van der Waals surface area contributed by atoms with Gasteiger partial charge in [-0.15, -0.1) is 0 Å². The van der Waals surface area contributed by atoms with Crippen LogP contribution in [0.25, 0.3) is 0 Å². The molecule has 0 bridgehead atoms. The Kier molecular flexibility index (Phi) is 7.98. The first-order chi connectivity index (χ1) is 16.1. The van der Waals surface area contributed by atoms with E-state index in [0.29, 0.717) is 17.4 Å². The lowest BCUT2D eigenvalue weighted by Crippen LogP contribution is -2.32. The molecule has 178 valence electrons. The highest BCUT2D eigenvalue weighted by Crippen LogP contribution is 2.17. The fourth-order valence-corrected chi connectivity index (χ4v) is 3.86. The van der Waals surface area contributed by atoms with E-state index in [2.05, 4.69) is 34.4 Å². The van der Waals surface area contributed by atoms with Gasteiger partial charge in [-0.25, -0.2) is 18.6 Å². The number of hydrogen-bond donors (Lipinski definition) is 3. The molecule has 9 nitrogen and oxygen atoms in total. The molecule has 0 aliphatic rings. The van der Waals surface area contributed by atoms with Crippen LogP contribution in [-0.2, 0) is 26.2 Å². The summed E-state index contributed by atoms with van der Waals surface area (Å²) in [6.07, 6.45) is 1.21. The van der Waals surface area contributed by atoms with E-state index in [1.54, 1.807) is 36.4 Å². The lowest BCUT2D eigenvalue weighted by molar-refractivity contribution is -0.136. The molecule has 0 atom stereocenters. The molecule has 1 aromatic heterocycles. The van der Waals surface area contributed by atoms with Gasteiger partial charge in [-0.3, -0.25) is 9.59 Å². The van der Waals surface area contributed by atoms with Crippen molar-refractivity contribution in [2.45, 2.75) is 38.1 Å². The lowest BCUT2D eigenvalue weighted by atomic mass is 10.0. The Morgan fingerprint density at radius 2 is 1.65 bits per heavy atom. The molecule has 10 heteroatoms. The van der Waals surface area contributed by atoms with Gasteiger partial charge in [-0.2, -0.15) is 5.10 Å². The molecule has 2 aromatic carbocycles. The summed E-state index contributed by atoms with van der Waals surface area (Å²) in [4.78, 5) is 24.1. The molecular weight excluding hydrogens is 456 g/mol. The third kappa shape index (κ3) is 6.87. The predicted molar refractivity (Wildman–Crippen MR) is 129 cm³/mol. The zero-order valence-corrected chi connectivity index (χ0v) is 19.8. The van der Waals surface area contributed by atoms with Crippen LogP contribution in [-0.4, -0.2) is 26.4 Å². The second-order valence-electron chi connectivity index (χ2n) is 7.87. The van der Waals surface area contributed by atoms with Crippen LogP contribution >= 0.6 is 0 Å². The minimum atomic E-state index is -3.68. The molecule has 0 fully saturated rings. The van der Waals surface area contributed by atoms with Gasteiger partial charge in [0.1, 0.15) is 11.5 Å². The van der Waals surface area contributed by atoms with Gasteiger partial charge in [0.2, 0.25) is 10.0 Å². The summed E-state index contributed by atoms with van der Waals surface area (Å²) in [5, 5.41) is 6.20. The highest BCUT2D eigenvalue weighted by Gasteiger charge is 2.15. The van der Waals surface area contributed by atoms with Gasteiger partial charge in [0, 0.05) is 5.69 Å². The highest BCUT2D eigenvalue weighted by atomic mass is 32.2. The minimum Gasteiger partial charge on any atom is -0.459 e. The normalized spacial score (nSPS) is 11.6. The van der Waals surface area contributed by atoms with Crippen LogP contribution in [0.4, 0.5) is 5.69 Å². The third-order valence-corrected chi connectivity index (χ3v) is 6.27. The summed E-state index contributed by atoms with van der Waals surface area (Å²) >= 11 is 0. The first-order valence-corrected chi connectivity index (χ1v) is 12.0. The maximum atomic E-state index is 12.3. The van der Waals surface area contributed by atoms with E-state index in [1.165, 1.54) is 18.3 Å². The van der Waals surface area contributed by atoms with Gasteiger partial charge in [0.25, 0.3) is 0 Å². The minimum absolute atomic E-state index is 0.0611. The Morgan fingerprint density at radius 3 is 2.29 bits per heavy atom. The number of hydrogen-bond acceptors (Lipinski definition) is 6. The molecule has 0 aliphatic carbocycles. The van der Waals surface area contributed by atoms with Crippen molar-refractivity contribution >= 4 is 33.7 Å². The monoisotopic (exact) mass is 482 g/mol. The summed E-state index contributed by atoms with van der Waals surface area (Å²) in [6.45, 7) is 5.93. The number of anilines is 1. The Hall–Kier alpha value is -3.76. The smallest absolute Gasteiger partial charge is 0.329 e. The zero-order valence-electron chi connectivity index (χ0n) is 19.0. The second-order valence-corrected chi connectivity index (χ2v) is 9.64. The van der Waals surface area contributed by atoms with Gasteiger partial charge in [-0.1, -0.05) is 43.7 Å². The van der Waals surface area contributed by atoms with Crippen LogP contribution in [0.5, 0.6) is 0 Å². The van der Waals surface area contributed by atoms with Crippen molar-refractivity contribution in [2.24, 2.45) is 5.10 Å². The summed E-state index contributed by atoms with van der Waals surface area (Å²) < 4.78 is 32.6. The SMILES string of the molecule is Cc1ccc(S(=O)(=O)NCc2ccc(/C=N/NC(=O)C(=O)Nc3ccc(C(C)C)cc3)o2)cc1. The second kappa shape index (κ2) is 10.9. The molecule has 0 saturated carbocycles. The molecule has 0 saturated heterocycles. The fourth-order valence-electron chi connectivity index (χ4n) is 2.87. The summed E-state index contributed by atoms with van der Waals surface area (Å²) in [6, 6.07) is 16.8.